The Hall–Kier alpha value is -1.36. The first-order valence-electron chi connectivity index (χ1n) is 7.13. The predicted molar refractivity (Wildman–Crippen MR) is 79.1 cm³/mol. The average molecular weight is 263 g/mol. The topological polar surface area (TPSA) is 67.1 Å². The van der Waals surface area contributed by atoms with Gasteiger partial charge in [0.25, 0.3) is 0 Å². The second-order valence-corrected chi connectivity index (χ2v) is 6.11. The molecule has 0 aliphatic carbocycles. The molecule has 19 heavy (non-hydrogen) atoms. The molecule has 0 saturated carbocycles. The molecule has 3 N–H and O–H groups in total. The third-order valence-electron chi connectivity index (χ3n) is 3.76. The van der Waals surface area contributed by atoms with Crippen LogP contribution in [0.15, 0.2) is 6.33 Å². The van der Waals surface area contributed by atoms with Crippen molar-refractivity contribution >= 4 is 11.6 Å². The highest BCUT2D eigenvalue weighted by Crippen LogP contribution is 2.33. The van der Waals surface area contributed by atoms with E-state index < -0.39 is 0 Å². The molecule has 0 aromatic carbocycles. The number of rotatable bonds is 4. The van der Waals surface area contributed by atoms with Gasteiger partial charge < -0.3 is 10.3 Å². The fourth-order valence-electron chi connectivity index (χ4n) is 2.88. The fraction of sp³-hybridized carbons (Fsp3) is 0.714. The van der Waals surface area contributed by atoms with Crippen molar-refractivity contribution in [3.63, 3.8) is 0 Å². The molecule has 106 valence electrons. The van der Waals surface area contributed by atoms with E-state index in [-0.39, 0.29) is 0 Å². The van der Waals surface area contributed by atoms with Gasteiger partial charge in [-0.05, 0) is 24.7 Å². The van der Waals surface area contributed by atoms with E-state index in [9.17, 15) is 0 Å². The number of aromatic nitrogens is 2. The summed E-state index contributed by atoms with van der Waals surface area (Å²) in [5.41, 5.74) is 4.20. The maximum atomic E-state index is 5.57. The van der Waals surface area contributed by atoms with Crippen LogP contribution in [0.3, 0.4) is 0 Å². The fourth-order valence-corrected chi connectivity index (χ4v) is 2.88. The van der Waals surface area contributed by atoms with Crippen molar-refractivity contribution in [1.29, 1.82) is 0 Å². The molecular formula is C14H25N5. The maximum absolute atomic E-state index is 5.57. The molecule has 0 bridgehead atoms. The van der Waals surface area contributed by atoms with E-state index >= 15 is 0 Å². The van der Waals surface area contributed by atoms with Gasteiger partial charge in [0.15, 0.2) is 0 Å². The highest BCUT2D eigenvalue weighted by Gasteiger charge is 2.28. The van der Waals surface area contributed by atoms with E-state index in [0.29, 0.717) is 5.41 Å². The zero-order valence-electron chi connectivity index (χ0n) is 12.2. The first-order valence-corrected chi connectivity index (χ1v) is 7.13. The lowest BCUT2D eigenvalue weighted by Crippen LogP contribution is -2.41. The second kappa shape index (κ2) is 5.74. The lowest BCUT2D eigenvalue weighted by molar-refractivity contribution is 0.291. The molecular weight excluding hydrogens is 238 g/mol. The minimum Gasteiger partial charge on any atom is -0.356 e. The van der Waals surface area contributed by atoms with Crippen LogP contribution in [-0.2, 0) is 6.42 Å². The van der Waals surface area contributed by atoms with Crippen LogP contribution in [0.4, 0.5) is 11.6 Å². The Morgan fingerprint density at radius 1 is 1.42 bits per heavy atom. The average Bonchev–Trinajstić information content (AvgIpc) is 2.38. The third-order valence-corrected chi connectivity index (χ3v) is 3.76. The van der Waals surface area contributed by atoms with Gasteiger partial charge in [-0.1, -0.05) is 27.2 Å². The SMILES string of the molecule is CCCc1c(NN)ncnc1N1CCCC(C)(C)C1. The zero-order valence-corrected chi connectivity index (χ0v) is 12.2. The zero-order chi connectivity index (χ0) is 13.9. The van der Waals surface area contributed by atoms with Crippen molar-refractivity contribution < 1.29 is 0 Å². The molecule has 2 rings (SSSR count). The van der Waals surface area contributed by atoms with Crippen LogP contribution < -0.4 is 16.2 Å². The molecule has 0 radical (unpaired) electrons. The summed E-state index contributed by atoms with van der Waals surface area (Å²) < 4.78 is 0. The smallest absolute Gasteiger partial charge is 0.148 e. The minimum atomic E-state index is 0.350. The highest BCUT2D eigenvalue weighted by molar-refractivity contribution is 5.58. The number of nitrogens with one attached hydrogen (secondary N) is 1. The lowest BCUT2D eigenvalue weighted by Gasteiger charge is -2.39. The van der Waals surface area contributed by atoms with Gasteiger partial charge in [-0.3, -0.25) is 0 Å². The summed E-state index contributed by atoms with van der Waals surface area (Å²) in [6.45, 7) is 8.92. The Labute approximate surface area is 115 Å². The molecule has 1 fully saturated rings. The number of hydrogen-bond donors (Lipinski definition) is 2. The Morgan fingerprint density at radius 3 is 2.84 bits per heavy atom. The van der Waals surface area contributed by atoms with Gasteiger partial charge in [0, 0.05) is 18.7 Å². The van der Waals surface area contributed by atoms with Crippen LogP contribution in [0.1, 0.15) is 45.6 Å². The summed E-state index contributed by atoms with van der Waals surface area (Å²) in [5, 5.41) is 0. The van der Waals surface area contributed by atoms with E-state index in [2.05, 4.69) is 41.1 Å². The summed E-state index contributed by atoms with van der Waals surface area (Å²) in [5.74, 6) is 7.39. The van der Waals surface area contributed by atoms with Gasteiger partial charge >= 0.3 is 0 Å². The van der Waals surface area contributed by atoms with Crippen LogP contribution in [0.25, 0.3) is 0 Å². The van der Waals surface area contributed by atoms with E-state index in [1.165, 1.54) is 12.8 Å². The van der Waals surface area contributed by atoms with Crippen molar-refractivity contribution in [2.45, 2.75) is 46.5 Å². The Balaban J connectivity index is 2.32. The number of nitrogens with zero attached hydrogens (tertiary/aromatic N) is 3. The molecule has 1 saturated heterocycles. The van der Waals surface area contributed by atoms with Crippen LogP contribution in [0, 0.1) is 5.41 Å². The highest BCUT2D eigenvalue weighted by atomic mass is 15.3. The number of piperidine rings is 1. The van der Waals surface area contributed by atoms with Crippen LogP contribution in [-0.4, -0.2) is 23.1 Å². The van der Waals surface area contributed by atoms with Crippen molar-refractivity contribution in [3.05, 3.63) is 11.9 Å². The molecule has 1 aromatic heterocycles. The monoisotopic (exact) mass is 263 g/mol. The predicted octanol–water partition coefficient (Wildman–Crippen LogP) is 2.34. The van der Waals surface area contributed by atoms with Crippen LogP contribution in [0.5, 0.6) is 0 Å². The van der Waals surface area contributed by atoms with Gasteiger partial charge in [0.05, 0.1) is 0 Å². The molecule has 1 aromatic rings. The summed E-state index contributed by atoms with van der Waals surface area (Å²) in [4.78, 5) is 11.1. The molecule has 2 heterocycles. The summed E-state index contributed by atoms with van der Waals surface area (Å²) >= 11 is 0. The molecule has 0 amide bonds. The van der Waals surface area contributed by atoms with Crippen molar-refractivity contribution in [3.8, 4) is 0 Å². The first kappa shape index (κ1) is 14.1. The third kappa shape index (κ3) is 3.15. The lowest BCUT2D eigenvalue weighted by atomic mass is 9.84. The van der Waals surface area contributed by atoms with E-state index in [1.54, 1.807) is 6.33 Å². The van der Waals surface area contributed by atoms with Crippen LogP contribution in [0.2, 0.25) is 0 Å². The van der Waals surface area contributed by atoms with Crippen LogP contribution >= 0.6 is 0 Å². The number of hydrogen-bond acceptors (Lipinski definition) is 5. The quantitative estimate of drug-likeness (QED) is 0.644. The van der Waals surface area contributed by atoms with Crippen molar-refractivity contribution in [1.82, 2.24) is 9.97 Å². The van der Waals surface area contributed by atoms with Crippen molar-refractivity contribution in [2.75, 3.05) is 23.4 Å². The molecule has 5 nitrogen and oxygen atoms in total. The van der Waals surface area contributed by atoms with Crippen molar-refractivity contribution in [2.24, 2.45) is 11.3 Å². The van der Waals surface area contributed by atoms with E-state index in [1.807, 2.05) is 0 Å². The van der Waals surface area contributed by atoms with E-state index in [4.69, 9.17) is 5.84 Å². The number of nitrogen functional groups attached to an aromatic ring is 1. The summed E-state index contributed by atoms with van der Waals surface area (Å²) in [6.07, 6.45) is 6.11. The second-order valence-electron chi connectivity index (χ2n) is 6.11. The molecule has 0 unspecified atom stereocenters. The minimum absolute atomic E-state index is 0.350. The molecule has 5 heteroatoms. The Bertz CT molecular complexity index is 430. The van der Waals surface area contributed by atoms with Gasteiger partial charge in [-0.2, -0.15) is 0 Å². The maximum Gasteiger partial charge on any atom is 0.148 e. The summed E-state index contributed by atoms with van der Waals surface area (Å²) in [6, 6.07) is 0. The normalized spacial score (nSPS) is 18.4. The van der Waals surface area contributed by atoms with Gasteiger partial charge in [0.2, 0.25) is 0 Å². The molecule has 0 atom stereocenters. The standard InChI is InChI=1S/C14H25N5/c1-4-6-11-12(18-15)16-10-17-13(11)19-8-5-7-14(2,3)9-19/h10H,4-9,15H2,1-3H3,(H,16,17,18). The van der Waals surface area contributed by atoms with Gasteiger partial charge in [-0.25, -0.2) is 15.8 Å². The van der Waals surface area contributed by atoms with E-state index in [0.717, 1.165) is 43.1 Å². The molecule has 0 spiro atoms. The van der Waals surface area contributed by atoms with Gasteiger partial charge in [0.1, 0.15) is 18.0 Å². The molecule has 1 aliphatic rings. The number of hydrazine groups is 1. The molecule has 1 aliphatic heterocycles. The summed E-state index contributed by atoms with van der Waals surface area (Å²) in [7, 11) is 0. The van der Waals surface area contributed by atoms with Gasteiger partial charge in [-0.15, -0.1) is 0 Å². The first-order chi connectivity index (χ1) is 9.07. The number of anilines is 2. The largest absolute Gasteiger partial charge is 0.356 e. The Kier molecular flexibility index (Phi) is 4.24. The Morgan fingerprint density at radius 2 is 2.21 bits per heavy atom. The number of nitrogens with two attached hydrogens (primary N) is 1.